The first kappa shape index (κ1) is 13.1. The molecule has 0 heterocycles. The highest BCUT2D eigenvalue weighted by molar-refractivity contribution is 9.10. The standard InChI is InChI=1S/C17H17Br/c1-11-9-12(2)17(13(3)10-11)14(4)15-5-7-16(18)8-6-15/h5-10H,4H2,1-3H3. The quantitative estimate of drug-likeness (QED) is 0.693. The van der Waals surface area contributed by atoms with Crippen LogP contribution >= 0.6 is 15.9 Å². The minimum atomic E-state index is 1.09. The summed E-state index contributed by atoms with van der Waals surface area (Å²) in [6.45, 7) is 10.7. The van der Waals surface area contributed by atoms with Gasteiger partial charge >= 0.3 is 0 Å². The van der Waals surface area contributed by atoms with Crippen LogP contribution in [-0.4, -0.2) is 0 Å². The number of hydrogen-bond acceptors (Lipinski definition) is 0. The molecule has 0 aliphatic carbocycles. The van der Waals surface area contributed by atoms with E-state index in [1.807, 2.05) is 0 Å². The van der Waals surface area contributed by atoms with Gasteiger partial charge in [0.05, 0.1) is 0 Å². The fourth-order valence-corrected chi connectivity index (χ4v) is 2.72. The number of aryl methyl sites for hydroxylation is 3. The average molecular weight is 301 g/mol. The zero-order chi connectivity index (χ0) is 13.3. The Morgan fingerprint density at radius 3 is 1.94 bits per heavy atom. The van der Waals surface area contributed by atoms with Crippen molar-refractivity contribution in [3.63, 3.8) is 0 Å². The largest absolute Gasteiger partial charge is 0.0905 e. The van der Waals surface area contributed by atoms with E-state index < -0.39 is 0 Å². The van der Waals surface area contributed by atoms with E-state index in [1.165, 1.54) is 27.8 Å². The van der Waals surface area contributed by atoms with E-state index in [0.29, 0.717) is 0 Å². The fraction of sp³-hybridized carbons (Fsp3) is 0.176. The topological polar surface area (TPSA) is 0 Å². The van der Waals surface area contributed by atoms with Crippen molar-refractivity contribution in [3.05, 3.63) is 75.3 Å². The molecule has 0 saturated heterocycles. The van der Waals surface area contributed by atoms with Crippen molar-refractivity contribution in [3.8, 4) is 0 Å². The molecule has 0 aromatic heterocycles. The number of benzene rings is 2. The Kier molecular flexibility index (Phi) is 3.72. The fourth-order valence-electron chi connectivity index (χ4n) is 2.45. The second kappa shape index (κ2) is 5.11. The highest BCUT2D eigenvalue weighted by atomic mass is 79.9. The van der Waals surface area contributed by atoms with Crippen molar-refractivity contribution in [2.45, 2.75) is 20.8 Å². The molecule has 0 fully saturated rings. The molecule has 0 radical (unpaired) electrons. The first-order chi connectivity index (χ1) is 8.49. The highest BCUT2D eigenvalue weighted by Crippen LogP contribution is 2.29. The highest BCUT2D eigenvalue weighted by Gasteiger charge is 2.09. The van der Waals surface area contributed by atoms with Gasteiger partial charge in [-0.1, -0.05) is 52.3 Å². The van der Waals surface area contributed by atoms with Gasteiger partial charge in [0.2, 0.25) is 0 Å². The monoisotopic (exact) mass is 300 g/mol. The normalized spacial score (nSPS) is 10.4. The van der Waals surface area contributed by atoms with Crippen LogP contribution < -0.4 is 0 Å². The summed E-state index contributed by atoms with van der Waals surface area (Å²) in [4.78, 5) is 0. The van der Waals surface area contributed by atoms with Gasteiger partial charge in [-0.2, -0.15) is 0 Å². The maximum absolute atomic E-state index is 4.26. The Bertz CT molecular complexity index is 569. The third-order valence-electron chi connectivity index (χ3n) is 3.17. The Balaban J connectivity index is 2.49. The van der Waals surface area contributed by atoms with Gasteiger partial charge in [0, 0.05) is 4.47 Å². The molecule has 0 aliphatic rings. The average Bonchev–Trinajstić information content (AvgIpc) is 2.28. The van der Waals surface area contributed by atoms with E-state index in [0.717, 1.165) is 10.0 Å². The van der Waals surface area contributed by atoms with E-state index in [4.69, 9.17) is 0 Å². The van der Waals surface area contributed by atoms with E-state index in [-0.39, 0.29) is 0 Å². The molecule has 0 aliphatic heterocycles. The summed E-state index contributed by atoms with van der Waals surface area (Å²) in [5.41, 5.74) is 7.42. The van der Waals surface area contributed by atoms with Gasteiger partial charge in [-0.05, 0) is 60.7 Å². The maximum Gasteiger partial charge on any atom is 0.0175 e. The molecule has 0 spiro atoms. The molecule has 2 rings (SSSR count). The van der Waals surface area contributed by atoms with Crippen LogP contribution in [0.4, 0.5) is 0 Å². The molecule has 0 amide bonds. The smallest absolute Gasteiger partial charge is 0.0175 e. The molecule has 2 aromatic carbocycles. The van der Waals surface area contributed by atoms with Crippen LogP contribution in [0.15, 0.2) is 47.4 Å². The van der Waals surface area contributed by atoms with E-state index in [2.05, 4.69) is 79.7 Å². The predicted octanol–water partition coefficient (Wildman–Crippen LogP) is 5.44. The molecule has 0 saturated carbocycles. The lowest BCUT2D eigenvalue weighted by Crippen LogP contribution is -1.95. The Hall–Kier alpha value is -1.34. The zero-order valence-corrected chi connectivity index (χ0v) is 12.6. The lowest BCUT2D eigenvalue weighted by atomic mass is 9.91. The second-order valence-electron chi connectivity index (χ2n) is 4.76. The summed E-state index contributed by atoms with van der Waals surface area (Å²) >= 11 is 3.46. The first-order valence-corrected chi connectivity index (χ1v) is 6.81. The van der Waals surface area contributed by atoms with Crippen LogP contribution in [0.5, 0.6) is 0 Å². The summed E-state index contributed by atoms with van der Waals surface area (Å²) in [5, 5.41) is 0. The molecule has 0 N–H and O–H groups in total. The molecule has 0 bridgehead atoms. The van der Waals surface area contributed by atoms with Crippen molar-refractivity contribution in [2.24, 2.45) is 0 Å². The Morgan fingerprint density at radius 1 is 0.944 bits per heavy atom. The SMILES string of the molecule is C=C(c1ccc(Br)cc1)c1c(C)cc(C)cc1C. The Morgan fingerprint density at radius 2 is 1.44 bits per heavy atom. The van der Waals surface area contributed by atoms with Crippen LogP contribution in [0.2, 0.25) is 0 Å². The molecule has 0 atom stereocenters. The van der Waals surface area contributed by atoms with E-state index in [9.17, 15) is 0 Å². The maximum atomic E-state index is 4.26. The molecule has 18 heavy (non-hydrogen) atoms. The lowest BCUT2D eigenvalue weighted by molar-refractivity contribution is 1.29. The minimum absolute atomic E-state index is 1.09. The zero-order valence-electron chi connectivity index (χ0n) is 11.0. The van der Waals surface area contributed by atoms with E-state index >= 15 is 0 Å². The van der Waals surface area contributed by atoms with Gasteiger partial charge in [-0.15, -0.1) is 0 Å². The van der Waals surface area contributed by atoms with Crippen molar-refractivity contribution >= 4 is 21.5 Å². The summed E-state index contributed by atoms with van der Waals surface area (Å²) in [6, 6.07) is 12.7. The molecular formula is C17H17Br. The predicted molar refractivity (Wildman–Crippen MR) is 82.9 cm³/mol. The van der Waals surface area contributed by atoms with Crippen molar-refractivity contribution in [1.29, 1.82) is 0 Å². The molecule has 0 unspecified atom stereocenters. The van der Waals surface area contributed by atoms with Crippen LogP contribution in [-0.2, 0) is 0 Å². The first-order valence-electron chi connectivity index (χ1n) is 6.02. The third-order valence-corrected chi connectivity index (χ3v) is 3.70. The molecular weight excluding hydrogens is 284 g/mol. The minimum Gasteiger partial charge on any atom is -0.0905 e. The number of hydrogen-bond donors (Lipinski definition) is 0. The molecule has 0 nitrogen and oxygen atoms in total. The van der Waals surface area contributed by atoms with Crippen LogP contribution in [0.25, 0.3) is 5.57 Å². The van der Waals surface area contributed by atoms with Gasteiger partial charge in [-0.25, -0.2) is 0 Å². The third kappa shape index (κ3) is 2.56. The van der Waals surface area contributed by atoms with E-state index in [1.54, 1.807) is 0 Å². The lowest BCUT2D eigenvalue weighted by Gasteiger charge is -2.14. The molecule has 1 heteroatoms. The van der Waals surface area contributed by atoms with Crippen molar-refractivity contribution in [1.82, 2.24) is 0 Å². The summed E-state index contributed by atoms with van der Waals surface area (Å²) < 4.78 is 1.09. The van der Waals surface area contributed by atoms with Gasteiger partial charge in [0.15, 0.2) is 0 Å². The van der Waals surface area contributed by atoms with Crippen molar-refractivity contribution in [2.75, 3.05) is 0 Å². The van der Waals surface area contributed by atoms with Crippen LogP contribution in [0, 0.1) is 20.8 Å². The summed E-state index contributed by atoms with van der Waals surface area (Å²) in [6.07, 6.45) is 0. The van der Waals surface area contributed by atoms with Gasteiger partial charge < -0.3 is 0 Å². The van der Waals surface area contributed by atoms with Crippen molar-refractivity contribution < 1.29 is 0 Å². The van der Waals surface area contributed by atoms with Crippen LogP contribution in [0.1, 0.15) is 27.8 Å². The Labute approximate surface area is 117 Å². The van der Waals surface area contributed by atoms with Gasteiger partial charge in [0.25, 0.3) is 0 Å². The number of rotatable bonds is 2. The molecule has 2 aromatic rings. The van der Waals surface area contributed by atoms with Gasteiger partial charge in [0.1, 0.15) is 0 Å². The number of halogens is 1. The second-order valence-corrected chi connectivity index (χ2v) is 5.67. The van der Waals surface area contributed by atoms with Gasteiger partial charge in [-0.3, -0.25) is 0 Å². The van der Waals surface area contributed by atoms with Crippen LogP contribution in [0.3, 0.4) is 0 Å². The molecule has 92 valence electrons. The summed E-state index contributed by atoms with van der Waals surface area (Å²) in [7, 11) is 0. The summed E-state index contributed by atoms with van der Waals surface area (Å²) in [5.74, 6) is 0.